The topological polar surface area (TPSA) is 23.6 Å². The Bertz CT molecular complexity index is 794. The van der Waals surface area contributed by atoms with Crippen LogP contribution < -0.4 is 0 Å². The van der Waals surface area contributed by atoms with Gasteiger partial charge in [-0.25, -0.2) is 0 Å². The summed E-state index contributed by atoms with van der Waals surface area (Å²) in [5, 5.41) is 0.748. The van der Waals surface area contributed by atoms with Gasteiger partial charge in [0.1, 0.15) is 0 Å². The highest BCUT2D eigenvalue weighted by Crippen LogP contribution is 2.30. The Morgan fingerprint density at radius 2 is 1.71 bits per heavy atom. The van der Waals surface area contributed by atoms with Crippen molar-refractivity contribution in [1.82, 2.24) is 9.80 Å². The standard InChI is InChI=1S/C24H29ClN2O/c25-23-11-5-4-9-21(23)18-27-16-14-22(12-13-24(27)28)26-15-6-10-20(17-26)19-7-2-1-3-8-19/h1-5,7-9,11,20,22H,6,10,12-18H2. The van der Waals surface area contributed by atoms with Gasteiger partial charge in [0.05, 0.1) is 0 Å². The molecule has 2 aromatic carbocycles. The second kappa shape index (κ2) is 9.11. The fourth-order valence-corrected chi connectivity index (χ4v) is 4.92. The number of hydrogen-bond acceptors (Lipinski definition) is 2. The van der Waals surface area contributed by atoms with Crippen LogP contribution in [0.4, 0.5) is 0 Å². The molecule has 4 heteroatoms. The Labute approximate surface area is 173 Å². The molecular formula is C24H29ClN2O. The number of benzene rings is 2. The van der Waals surface area contributed by atoms with Crippen molar-refractivity contribution < 1.29 is 4.79 Å². The highest BCUT2D eigenvalue weighted by Gasteiger charge is 2.30. The number of amides is 1. The Hall–Kier alpha value is -1.84. The van der Waals surface area contributed by atoms with E-state index in [1.54, 1.807) is 0 Å². The lowest BCUT2D eigenvalue weighted by Crippen LogP contribution is -2.42. The third-order valence-electron chi connectivity index (χ3n) is 6.34. The molecule has 0 saturated carbocycles. The third kappa shape index (κ3) is 4.59. The van der Waals surface area contributed by atoms with Crippen molar-refractivity contribution in [3.8, 4) is 0 Å². The number of carbonyl (C=O) groups is 1. The van der Waals surface area contributed by atoms with Crippen molar-refractivity contribution in [3.63, 3.8) is 0 Å². The largest absolute Gasteiger partial charge is 0.338 e. The van der Waals surface area contributed by atoms with Crippen molar-refractivity contribution >= 4 is 17.5 Å². The molecule has 3 nitrogen and oxygen atoms in total. The molecule has 148 valence electrons. The molecule has 2 unspecified atom stereocenters. The number of carbonyl (C=O) groups excluding carboxylic acids is 1. The van der Waals surface area contributed by atoms with Crippen LogP contribution in [0, 0.1) is 0 Å². The molecule has 2 saturated heterocycles. The lowest BCUT2D eigenvalue weighted by molar-refractivity contribution is -0.131. The van der Waals surface area contributed by atoms with Crippen molar-refractivity contribution in [1.29, 1.82) is 0 Å². The Morgan fingerprint density at radius 3 is 2.54 bits per heavy atom. The summed E-state index contributed by atoms with van der Waals surface area (Å²) >= 11 is 6.31. The van der Waals surface area contributed by atoms with Crippen LogP contribution in [-0.2, 0) is 11.3 Å². The van der Waals surface area contributed by atoms with Crippen LogP contribution in [0.15, 0.2) is 54.6 Å². The minimum atomic E-state index is 0.263. The highest BCUT2D eigenvalue weighted by atomic mass is 35.5. The van der Waals surface area contributed by atoms with Crippen LogP contribution in [-0.4, -0.2) is 41.4 Å². The van der Waals surface area contributed by atoms with Crippen molar-refractivity contribution in [2.45, 2.75) is 50.6 Å². The third-order valence-corrected chi connectivity index (χ3v) is 6.70. The van der Waals surface area contributed by atoms with Gasteiger partial charge in [0.25, 0.3) is 0 Å². The van der Waals surface area contributed by atoms with E-state index in [-0.39, 0.29) is 5.91 Å². The van der Waals surface area contributed by atoms with Crippen molar-refractivity contribution in [3.05, 3.63) is 70.7 Å². The summed E-state index contributed by atoms with van der Waals surface area (Å²) in [6.07, 6.45) is 5.18. The molecule has 0 spiro atoms. The van der Waals surface area contributed by atoms with E-state index in [0.29, 0.717) is 24.9 Å². The summed E-state index contributed by atoms with van der Waals surface area (Å²) in [5.74, 6) is 0.882. The van der Waals surface area contributed by atoms with E-state index in [1.807, 2.05) is 29.2 Å². The van der Waals surface area contributed by atoms with Crippen molar-refractivity contribution in [2.24, 2.45) is 0 Å². The van der Waals surface area contributed by atoms with Gasteiger partial charge in [0.2, 0.25) is 5.91 Å². The zero-order chi connectivity index (χ0) is 19.3. The molecule has 0 aromatic heterocycles. The van der Waals surface area contributed by atoms with Gasteiger partial charge in [0.15, 0.2) is 0 Å². The number of likely N-dealkylation sites (tertiary alicyclic amines) is 2. The monoisotopic (exact) mass is 396 g/mol. The predicted molar refractivity (Wildman–Crippen MR) is 114 cm³/mol. The molecule has 2 aliphatic rings. The lowest BCUT2D eigenvalue weighted by atomic mass is 9.89. The molecule has 1 amide bonds. The molecule has 0 radical (unpaired) electrons. The number of hydrogen-bond donors (Lipinski definition) is 0. The van der Waals surface area contributed by atoms with Gasteiger partial charge >= 0.3 is 0 Å². The van der Waals surface area contributed by atoms with Gasteiger partial charge in [-0.2, -0.15) is 0 Å². The van der Waals surface area contributed by atoms with E-state index < -0.39 is 0 Å². The number of piperidine rings is 1. The van der Waals surface area contributed by atoms with Gasteiger partial charge in [-0.1, -0.05) is 60.1 Å². The Morgan fingerprint density at radius 1 is 0.929 bits per heavy atom. The first-order chi connectivity index (χ1) is 13.7. The van der Waals surface area contributed by atoms with Gasteiger partial charge in [-0.15, -0.1) is 0 Å². The number of nitrogens with zero attached hydrogens (tertiary/aromatic N) is 2. The molecule has 2 aliphatic heterocycles. The smallest absolute Gasteiger partial charge is 0.222 e. The van der Waals surface area contributed by atoms with Crippen LogP contribution in [0.5, 0.6) is 0 Å². The first kappa shape index (κ1) is 19.5. The molecule has 28 heavy (non-hydrogen) atoms. The van der Waals surface area contributed by atoms with Gasteiger partial charge < -0.3 is 4.90 Å². The average Bonchev–Trinajstić information content (AvgIpc) is 2.92. The zero-order valence-corrected chi connectivity index (χ0v) is 17.2. The van der Waals surface area contributed by atoms with E-state index in [2.05, 4.69) is 35.2 Å². The Kier molecular flexibility index (Phi) is 6.33. The highest BCUT2D eigenvalue weighted by molar-refractivity contribution is 6.31. The number of rotatable bonds is 4. The second-order valence-corrected chi connectivity index (χ2v) is 8.54. The fraction of sp³-hybridized carbons (Fsp3) is 0.458. The quantitative estimate of drug-likeness (QED) is 0.717. The van der Waals surface area contributed by atoms with Crippen LogP contribution >= 0.6 is 11.6 Å². The van der Waals surface area contributed by atoms with E-state index in [0.717, 1.165) is 43.1 Å². The summed E-state index contributed by atoms with van der Waals surface area (Å²) in [6, 6.07) is 19.3. The molecule has 4 rings (SSSR count). The number of halogens is 1. The maximum Gasteiger partial charge on any atom is 0.222 e. The summed E-state index contributed by atoms with van der Waals surface area (Å²) in [7, 11) is 0. The van der Waals surface area contributed by atoms with Crippen LogP contribution in [0.2, 0.25) is 5.02 Å². The minimum absolute atomic E-state index is 0.263. The van der Waals surface area contributed by atoms with Crippen molar-refractivity contribution in [2.75, 3.05) is 19.6 Å². The molecule has 2 heterocycles. The SMILES string of the molecule is O=C1CCC(N2CCCC(c3ccccc3)C2)CCN1Cc1ccccc1Cl. The molecule has 2 fully saturated rings. The van der Waals surface area contributed by atoms with Gasteiger partial charge in [-0.3, -0.25) is 9.69 Å². The molecular weight excluding hydrogens is 368 g/mol. The summed E-state index contributed by atoms with van der Waals surface area (Å²) in [5.41, 5.74) is 2.50. The van der Waals surface area contributed by atoms with E-state index >= 15 is 0 Å². The maximum atomic E-state index is 12.7. The predicted octanol–water partition coefficient (Wildman–Crippen LogP) is 5.10. The molecule has 2 aromatic rings. The normalized spacial score (nSPS) is 24.2. The van der Waals surface area contributed by atoms with Gasteiger partial charge in [0, 0.05) is 37.1 Å². The summed E-state index contributed by atoms with van der Waals surface area (Å²) in [6.45, 7) is 3.72. The zero-order valence-electron chi connectivity index (χ0n) is 16.4. The summed E-state index contributed by atoms with van der Waals surface area (Å²) < 4.78 is 0. The van der Waals surface area contributed by atoms with E-state index in [1.165, 1.54) is 18.4 Å². The van der Waals surface area contributed by atoms with Crippen LogP contribution in [0.3, 0.4) is 0 Å². The van der Waals surface area contributed by atoms with Gasteiger partial charge in [-0.05, 0) is 55.3 Å². The molecule has 2 atom stereocenters. The molecule has 0 N–H and O–H groups in total. The molecule has 0 bridgehead atoms. The molecule has 0 aliphatic carbocycles. The first-order valence-electron chi connectivity index (χ1n) is 10.5. The first-order valence-corrected chi connectivity index (χ1v) is 10.9. The average molecular weight is 397 g/mol. The second-order valence-electron chi connectivity index (χ2n) is 8.13. The Balaban J connectivity index is 1.39. The fourth-order valence-electron chi connectivity index (χ4n) is 4.72. The minimum Gasteiger partial charge on any atom is -0.338 e. The summed E-state index contributed by atoms with van der Waals surface area (Å²) in [4.78, 5) is 17.4. The van der Waals surface area contributed by atoms with E-state index in [9.17, 15) is 4.79 Å². The van der Waals surface area contributed by atoms with Crippen LogP contribution in [0.25, 0.3) is 0 Å². The lowest BCUT2D eigenvalue weighted by Gasteiger charge is -2.38. The maximum absolute atomic E-state index is 12.7. The van der Waals surface area contributed by atoms with E-state index in [4.69, 9.17) is 11.6 Å². The van der Waals surface area contributed by atoms with Crippen LogP contribution in [0.1, 0.15) is 49.1 Å².